The lowest BCUT2D eigenvalue weighted by Gasteiger charge is -2.12. The van der Waals surface area contributed by atoms with Crippen LogP contribution in [0.3, 0.4) is 0 Å². The Bertz CT molecular complexity index is 1300. The summed E-state index contributed by atoms with van der Waals surface area (Å²) in [5.41, 5.74) is 1.05. The van der Waals surface area contributed by atoms with Crippen molar-refractivity contribution in [1.29, 1.82) is 0 Å². The number of benzene rings is 3. The van der Waals surface area contributed by atoms with Gasteiger partial charge in [-0.05, 0) is 79.2 Å². The maximum atomic E-state index is 12.5. The summed E-state index contributed by atoms with van der Waals surface area (Å²) in [6.45, 7) is 7.85. The molecule has 10 heteroatoms. The lowest BCUT2D eigenvalue weighted by atomic mass is 10.2. The standard InChI is InChI=1S/C29H26O10/c1-4-27(30)37-18-34-22-8-6-21(7-9-22)29(32)39-25-14-15-26(20(3)16-25)36-17-33-23-10-12-24(13-11-23)35-19-38-28(31)5-2/h4-16H,1-2,17-19H2,3H3. The van der Waals surface area contributed by atoms with Gasteiger partial charge in [-0.25, -0.2) is 14.4 Å². The smallest absolute Gasteiger partial charge is 0.343 e. The van der Waals surface area contributed by atoms with E-state index in [4.69, 9.17) is 33.2 Å². The fourth-order valence-electron chi connectivity index (χ4n) is 2.92. The quantitative estimate of drug-likeness (QED) is 0.124. The first-order chi connectivity index (χ1) is 18.9. The van der Waals surface area contributed by atoms with E-state index in [1.54, 1.807) is 54.6 Å². The summed E-state index contributed by atoms with van der Waals surface area (Å²) in [5, 5.41) is 0. The molecule has 0 saturated heterocycles. The first kappa shape index (κ1) is 28.3. The van der Waals surface area contributed by atoms with E-state index in [2.05, 4.69) is 13.2 Å². The molecule has 3 aromatic carbocycles. The molecule has 0 aliphatic carbocycles. The summed E-state index contributed by atoms with van der Waals surface area (Å²) in [4.78, 5) is 34.5. The Balaban J connectivity index is 1.44. The molecule has 0 aromatic heterocycles. The van der Waals surface area contributed by atoms with Crippen LogP contribution in [0.4, 0.5) is 0 Å². The Labute approximate surface area is 224 Å². The summed E-state index contributed by atoms with van der Waals surface area (Å²) in [6, 6.07) is 17.8. The van der Waals surface area contributed by atoms with Crippen LogP contribution in [0.15, 0.2) is 92.0 Å². The first-order valence-corrected chi connectivity index (χ1v) is 11.5. The molecule has 10 nitrogen and oxygen atoms in total. The highest BCUT2D eigenvalue weighted by atomic mass is 16.7. The van der Waals surface area contributed by atoms with Crippen LogP contribution >= 0.6 is 0 Å². The molecule has 0 heterocycles. The Morgan fingerprint density at radius 3 is 1.59 bits per heavy atom. The van der Waals surface area contributed by atoms with E-state index in [9.17, 15) is 14.4 Å². The van der Waals surface area contributed by atoms with Crippen molar-refractivity contribution < 1.29 is 47.5 Å². The fourth-order valence-corrected chi connectivity index (χ4v) is 2.92. The normalized spacial score (nSPS) is 9.97. The zero-order valence-electron chi connectivity index (χ0n) is 21.1. The third-order valence-electron chi connectivity index (χ3n) is 4.90. The van der Waals surface area contributed by atoms with Gasteiger partial charge in [-0.1, -0.05) is 13.2 Å². The van der Waals surface area contributed by atoms with Crippen LogP contribution in [-0.4, -0.2) is 38.3 Å². The molecule has 0 amide bonds. The number of hydrogen-bond acceptors (Lipinski definition) is 10. The van der Waals surface area contributed by atoms with Crippen molar-refractivity contribution in [3.05, 3.63) is 103 Å². The zero-order valence-corrected chi connectivity index (χ0v) is 21.1. The number of carbonyl (C=O) groups excluding carboxylic acids is 3. The molecule has 0 spiro atoms. The highest BCUT2D eigenvalue weighted by molar-refractivity contribution is 5.91. The largest absolute Gasteiger partial charge is 0.457 e. The van der Waals surface area contributed by atoms with Crippen molar-refractivity contribution in [3.63, 3.8) is 0 Å². The van der Waals surface area contributed by atoms with E-state index in [1.165, 1.54) is 12.1 Å². The van der Waals surface area contributed by atoms with Crippen molar-refractivity contribution >= 4 is 17.9 Å². The molecular formula is C29H26O10. The lowest BCUT2D eigenvalue weighted by Crippen LogP contribution is -2.10. The molecule has 0 atom stereocenters. The molecule has 0 bridgehead atoms. The molecule has 0 unspecified atom stereocenters. The van der Waals surface area contributed by atoms with Gasteiger partial charge in [-0.2, -0.15) is 0 Å². The molecule has 0 N–H and O–H groups in total. The molecule has 0 saturated carbocycles. The summed E-state index contributed by atoms with van der Waals surface area (Å²) < 4.78 is 36.7. The van der Waals surface area contributed by atoms with Crippen LogP contribution in [0.2, 0.25) is 0 Å². The number of aryl methyl sites for hydroxylation is 1. The molecule has 0 fully saturated rings. The van der Waals surface area contributed by atoms with Gasteiger partial charge >= 0.3 is 17.9 Å². The van der Waals surface area contributed by atoms with Gasteiger partial charge in [0.05, 0.1) is 5.56 Å². The molecule has 0 aliphatic heterocycles. The first-order valence-electron chi connectivity index (χ1n) is 11.5. The Morgan fingerprint density at radius 2 is 1.10 bits per heavy atom. The van der Waals surface area contributed by atoms with E-state index in [-0.39, 0.29) is 20.4 Å². The molecule has 3 rings (SSSR count). The van der Waals surface area contributed by atoms with Crippen LogP contribution < -0.4 is 23.7 Å². The van der Waals surface area contributed by atoms with E-state index in [0.717, 1.165) is 17.7 Å². The van der Waals surface area contributed by atoms with Crippen LogP contribution in [0.5, 0.6) is 28.7 Å². The number of rotatable bonds is 14. The third-order valence-corrected chi connectivity index (χ3v) is 4.90. The third kappa shape index (κ3) is 9.29. The molecule has 0 aliphatic rings. The minimum atomic E-state index is -0.599. The molecule has 3 aromatic rings. The van der Waals surface area contributed by atoms with Gasteiger partial charge in [0.15, 0.2) is 0 Å². The van der Waals surface area contributed by atoms with Crippen LogP contribution in [0.25, 0.3) is 0 Å². The monoisotopic (exact) mass is 534 g/mol. The van der Waals surface area contributed by atoms with Gasteiger partial charge in [0.1, 0.15) is 28.7 Å². The van der Waals surface area contributed by atoms with Gasteiger partial charge in [-0.3, -0.25) is 0 Å². The predicted octanol–water partition coefficient (Wildman–Crippen LogP) is 4.76. The van der Waals surface area contributed by atoms with Crippen molar-refractivity contribution in [3.8, 4) is 28.7 Å². The number of ether oxygens (including phenoxy) is 7. The number of esters is 3. The second-order valence-electron chi connectivity index (χ2n) is 7.58. The van der Waals surface area contributed by atoms with Gasteiger partial charge in [0.25, 0.3) is 0 Å². The molecule has 0 radical (unpaired) electrons. The van der Waals surface area contributed by atoms with E-state index in [0.29, 0.717) is 34.3 Å². The maximum Gasteiger partial charge on any atom is 0.343 e. The lowest BCUT2D eigenvalue weighted by molar-refractivity contribution is -0.145. The van der Waals surface area contributed by atoms with Crippen molar-refractivity contribution in [2.24, 2.45) is 0 Å². The highest BCUT2D eigenvalue weighted by Gasteiger charge is 2.11. The molecular weight excluding hydrogens is 508 g/mol. The van der Waals surface area contributed by atoms with Crippen molar-refractivity contribution in [1.82, 2.24) is 0 Å². The Hall–Kier alpha value is -5.25. The zero-order chi connectivity index (χ0) is 28.0. The summed E-state index contributed by atoms with van der Waals surface area (Å²) in [5.74, 6) is 0.630. The van der Waals surface area contributed by atoms with E-state index < -0.39 is 17.9 Å². The van der Waals surface area contributed by atoms with Crippen LogP contribution in [0.1, 0.15) is 15.9 Å². The van der Waals surface area contributed by atoms with E-state index >= 15 is 0 Å². The SMILES string of the molecule is C=CC(=O)OCOc1ccc(OCOc2ccc(OC(=O)c3ccc(OCOC(=O)C=C)cc3)cc2C)cc1. The van der Waals surface area contributed by atoms with Gasteiger partial charge in [-0.15, -0.1) is 0 Å². The van der Waals surface area contributed by atoms with Crippen LogP contribution in [-0.2, 0) is 19.1 Å². The Kier molecular flexibility index (Phi) is 10.5. The fraction of sp³-hybridized carbons (Fsp3) is 0.138. The van der Waals surface area contributed by atoms with E-state index in [1.807, 2.05) is 6.92 Å². The minimum Gasteiger partial charge on any atom is -0.457 e. The summed E-state index contributed by atoms with van der Waals surface area (Å²) >= 11 is 0. The van der Waals surface area contributed by atoms with Gasteiger partial charge < -0.3 is 33.2 Å². The molecule has 202 valence electrons. The van der Waals surface area contributed by atoms with Gasteiger partial charge in [0.2, 0.25) is 20.4 Å². The molecule has 39 heavy (non-hydrogen) atoms. The van der Waals surface area contributed by atoms with Gasteiger partial charge in [0, 0.05) is 12.2 Å². The summed E-state index contributed by atoms with van der Waals surface area (Å²) in [6.07, 6.45) is 2.08. The van der Waals surface area contributed by atoms with Crippen molar-refractivity contribution in [2.75, 3.05) is 20.4 Å². The second-order valence-corrected chi connectivity index (χ2v) is 7.58. The minimum absolute atomic E-state index is 0.0572. The second kappa shape index (κ2) is 14.5. The predicted molar refractivity (Wildman–Crippen MR) is 139 cm³/mol. The van der Waals surface area contributed by atoms with Crippen molar-refractivity contribution in [2.45, 2.75) is 6.92 Å². The average molecular weight is 535 g/mol. The maximum absolute atomic E-state index is 12.5. The van der Waals surface area contributed by atoms with Crippen LogP contribution in [0, 0.1) is 6.92 Å². The Morgan fingerprint density at radius 1 is 0.641 bits per heavy atom. The topological polar surface area (TPSA) is 116 Å². The highest BCUT2D eigenvalue weighted by Crippen LogP contribution is 2.25. The number of carbonyl (C=O) groups is 3. The average Bonchev–Trinajstić information content (AvgIpc) is 2.95. The number of hydrogen-bond donors (Lipinski definition) is 0. The summed E-state index contributed by atoms with van der Waals surface area (Å²) in [7, 11) is 0.